The molecule has 2 aromatic carbocycles. The van der Waals surface area contributed by atoms with Crippen LogP contribution < -0.4 is 4.74 Å². The molecule has 0 radical (unpaired) electrons. The molecule has 5 heteroatoms. The number of nitrogens with zero attached hydrogens (tertiary/aromatic N) is 1. The SMILES string of the molecule is CC(C)(C#N)c1ccccc1COc1c(CO)cc(F)cc1CO. The van der Waals surface area contributed by atoms with Crippen LogP contribution in [0, 0.1) is 17.1 Å². The monoisotopic (exact) mass is 329 g/mol. The van der Waals surface area contributed by atoms with Gasteiger partial charge in [-0.25, -0.2) is 4.39 Å². The Labute approximate surface area is 140 Å². The van der Waals surface area contributed by atoms with Gasteiger partial charge in [-0.15, -0.1) is 0 Å². The maximum Gasteiger partial charge on any atom is 0.131 e. The third-order valence-corrected chi connectivity index (χ3v) is 3.89. The van der Waals surface area contributed by atoms with Gasteiger partial charge >= 0.3 is 0 Å². The highest BCUT2D eigenvalue weighted by atomic mass is 19.1. The number of nitriles is 1. The number of ether oxygens (including phenoxy) is 1. The molecule has 0 spiro atoms. The molecule has 2 aromatic rings. The van der Waals surface area contributed by atoms with E-state index < -0.39 is 24.4 Å². The van der Waals surface area contributed by atoms with E-state index in [1.807, 2.05) is 38.1 Å². The topological polar surface area (TPSA) is 73.5 Å². The zero-order chi connectivity index (χ0) is 17.7. The van der Waals surface area contributed by atoms with Gasteiger partial charge in [0.25, 0.3) is 0 Å². The van der Waals surface area contributed by atoms with E-state index >= 15 is 0 Å². The van der Waals surface area contributed by atoms with Crippen LogP contribution in [0.25, 0.3) is 0 Å². The average Bonchev–Trinajstić information content (AvgIpc) is 2.59. The first-order chi connectivity index (χ1) is 11.4. The fourth-order valence-electron chi connectivity index (χ4n) is 2.60. The molecule has 0 heterocycles. The zero-order valence-electron chi connectivity index (χ0n) is 13.7. The number of hydrogen-bond donors (Lipinski definition) is 2. The summed E-state index contributed by atoms with van der Waals surface area (Å²) in [6.07, 6.45) is 0. The van der Waals surface area contributed by atoms with Gasteiger partial charge in [-0.2, -0.15) is 5.26 Å². The van der Waals surface area contributed by atoms with Crippen LogP contribution in [0.5, 0.6) is 5.75 Å². The molecule has 126 valence electrons. The Hall–Kier alpha value is -2.42. The van der Waals surface area contributed by atoms with Gasteiger partial charge in [0.1, 0.15) is 18.2 Å². The van der Waals surface area contributed by atoms with Gasteiger partial charge in [-0.1, -0.05) is 24.3 Å². The number of halogens is 1. The van der Waals surface area contributed by atoms with Crippen molar-refractivity contribution in [3.05, 3.63) is 64.5 Å². The molecular formula is C19H20FNO3. The van der Waals surface area contributed by atoms with Gasteiger partial charge in [0.15, 0.2) is 0 Å². The number of aliphatic hydroxyl groups excluding tert-OH is 2. The smallest absolute Gasteiger partial charge is 0.131 e. The van der Waals surface area contributed by atoms with Crippen LogP contribution in [-0.4, -0.2) is 10.2 Å². The summed E-state index contributed by atoms with van der Waals surface area (Å²) in [5.74, 6) is -0.271. The quantitative estimate of drug-likeness (QED) is 0.853. The molecule has 24 heavy (non-hydrogen) atoms. The predicted octanol–water partition coefficient (Wildman–Crippen LogP) is 3.19. The first kappa shape index (κ1) is 17.9. The molecule has 0 amide bonds. The van der Waals surface area contributed by atoms with E-state index in [1.54, 1.807) is 0 Å². The van der Waals surface area contributed by atoms with E-state index in [4.69, 9.17) is 4.74 Å². The van der Waals surface area contributed by atoms with Gasteiger partial charge in [0, 0.05) is 11.1 Å². The van der Waals surface area contributed by atoms with Crippen LogP contribution in [-0.2, 0) is 25.2 Å². The second-order valence-corrected chi connectivity index (χ2v) is 6.05. The third kappa shape index (κ3) is 3.73. The summed E-state index contributed by atoms with van der Waals surface area (Å²) in [6, 6.07) is 12.1. The second kappa shape index (κ2) is 7.43. The summed E-state index contributed by atoms with van der Waals surface area (Å²) in [4.78, 5) is 0. The Kier molecular flexibility index (Phi) is 5.55. The van der Waals surface area contributed by atoms with Crippen LogP contribution >= 0.6 is 0 Å². The summed E-state index contributed by atoms with van der Waals surface area (Å²) in [7, 11) is 0. The molecule has 0 aliphatic carbocycles. The van der Waals surface area contributed by atoms with E-state index in [0.717, 1.165) is 11.1 Å². The third-order valence-electron chi connectivity index (χ3n) is 3.89. The lowest BCUT2D eigenvalue weighted by Crippen LogP contribution is -2.17. The maximum absolute atomic E-state index is 13.5. The van der Waals surface area contributed by atoms with Gasteiger partial charge in [-0.05, 0) is 37.1 Å². The van der Waals surface area contributed by atoms with Crippen molar-refractivity contribution in [3.63, 3.8) is 0 Å². The molecule has 2 rings (SSSR count). The fraction of sp³-hybridized carbons (Fsp3) is 0.316. The fourth-order valence-corrected chi connectivity index (χ4v) is 2.60. The Bertz CT molecular complexity index is 740. The molecule has 0 aliphatic rings. The highest BCUT2D eigenvalue weighted by molar-refractivity contribution is 5.43. The molecule has 0 unspecified atom stereocenters. The molecule has 0 aliphatic heterocycles. The Morgan fingerprint density at radius 1 is 1.08 bits per heavy atom. The minimum Gasteiger partial charge on any atom is -0.488 e. The lowest BCUT2D eigenvalue weighted by molar-refractivity contribution is 0.240. The Morgan fingerprint density at radius 2 is 1.67 bits per heavy atom. The van der Waals surface area contributed by atoms with Gasteiger partial charge < -0.3 is 14.9 Å². The standard InChI is InChI=1S/C19H20FNO3/c1-19(2,12-21)17-6-4-3-5-13(17)11-24-18-14(9-22)7-16(20)8-15(18)10-23/h3-8,22-23H,9-11H2,1-2H3. The zero-order valence-corrected chi connectivity index (χ0v) is 13.7. The van der Waals surface area contributed by atoms with Crippen molar-refractivity contribution < 1.29 is 19.3 Å². The van der Waals surface area contributed by atoms with Crippen molar-refractivity contribution in [1.82, 2.24) is 0 Å². The first-order valence-electron chi connectivity index (χ1n) is 7.58. The van der Waals surface area contributed by atoms with Crippen LogP contribution in [0.1, 0.15) is 36.1 Å². The summed E-state index contributed by atoms with van der Waals surface area (Å²) in [5, 5.41) is 28.2. The molecule has 0 atom stereocenters. The maximum atomic E-state index is 13.5. The first-order valence-corrected chi connectivity index (χ1v) is 7.58. The highest BCUT2D eigenvalue weighted by Crippen LogP contribution is 2.30. The van der Waals surface area contributed by atoms with E-state index in [2.05, 4.69) is 6.07 Å². The minimum absolute atomic E-state index is 0.146. The van der Waals surface area contributed by atoms with Crippen molar-refractivity contribution in [2.45, 2.75) is 39.1 Å². The normalized spacial score (nSPS) is 11.2. The number of rotatable bonds is 6. The molecule has 0 fully saturated rings. The lowest BCUT2D eigenvalue weighted by atomic mass is 9.83. The van der Waals surface area contributed by atoms with E-state index in [-0.39, 0.29) is 23.5 Å². The van der Waals surface area contributed by atoms with E-state index in [1.165, 1.54) is 12.1 Å². The van der Waals surface area contributed by atoms with Crippen LogP contribution in [0.3, 0.4) is 0 Å². The van der Waals surface area contributed by atoms with Crippen molar-refractivity contribution in [3.8, 4) is 11.8 Å². The van der Waals surface area contributed by atoms with E-state index in [9.17, 15) is 19.9 Å². The molecule has 0 aromatic heterocycles. The molecule has 0 saturated carbocycles. The van der Waals surface area contributed by atoms with Gasteiger partial charge in [0.05, 0.1) is 24.7 Å². The van der Waals surface area contributed by atoms with Crippen LogP contribution in [0.4, 0.5) is 4.39 Å². The largest absolute Gasteiger partial charge is 0.488 e. The highest BCUT2D eigenvalue weighted by Gasteiger charge is 2.23. The molecule has 0 bridgehead atoms. The summed E-state index contributed by atoms with van der Waals surface area (Å²) < 4.78 is 19.3. The van der Waals surface area contributed by atoms with Crippen LogP contribution in [0.2, 0.25) is 0 Å². The van der Waals surface area contributed by atoms with Crippen molar-refractivity contribution in [2.24, 2.45) is 0 Å². The lowest BCUT2D eigenvalue weighted by Gasteiger charge is -2.21. The molecule has 4 nitrogen and oxygen atoms in total. The van der Waals surface area contributed by atoms with Gasteiger partial charge in [0.2, 0.25) is 0 Å². The summed E-state index contributed by atoms with van der Waals surface area (Å²) >= 11 is 0. The number of aliphatic hydroxyl groups is 2. The number of hydrogen-bond acceptors (Lipinski definition) is 4. The Balaban J connectivity index is 2.35. The second-order valence-electron chi connectivity index (χ2n) is 6.05. The predicted molar refractivity (Wildman–Crippen MR) is 87.7 cm³/mol. The minimum atomic E-state index is -0.678. The van der Waals surface area contributed by atoms with E-state index in [0.29, 0.717) is 0 Å². The number of benzene rings is 2. The summed E-state index contributed by atoms with van der Waals surface area (Å²) in [6.45, 7) is 2.99. The molecule has 2 N–H and O–H groups in total. The Morgan fingerprint density at radius 3 is 2.21 bits per heavy atom. The van der Waals surface area contributed by atoms with Crippen LogP contribution in [0.15, 0.2) is 36.4 Å². The van der Waals surface area contributed by atoms with Crippen molar-refractivity contribution in [1.29, 1.82) is 5.26 Å². The van der Waals surface area contributed by atoms with Gasteiger partial charge in [-0.3, -0.25) is 0 Å². The van der Waals surface area contributed by atoms with Crippen molar-refractivity contribution in [2.75, 3.05) is 0 Å². The molecular weight excluding hydrogens is 309 g/mol. The summed E-state index contributed by atoms with van der Waals surface area (Å²) in [5.41, 5.74) is 1.53. The van der Waals surface area contributed by atoms with Crippen molar-refractivity contribution >= 4 is 0 Å². The average molecular weight is 329 g/mol. The molecule has 0 saturated heterocycles.